The quantitative estimate of drug-likeness (QED) is 0.478. The van der Waals surface area contributed by atoms with E-state index in [1.54, 1.807) is 25.3 Å². The van der Waals surface area contributed by atoms with E-state index in [1.807, 2.05) is 6.07 Å². The number of hydrogen-bond donors (Lipinski definition) is 0. The third-order valence-electron chi connectivity index (χ3n) is 2.40. The second-order valence-electron chi connectivity index (χ2n) is 3.93. The molecule has 0 radical (unpaired) electrons. The standard InChI is InChI=1S/C13H11ClN2O4/c1-19-8-9-3-2-4-11(5-9)20-13-7-10(16(17)18)6-12(14)15-13/h2-7H,8H2,1H3. The lowest BCUT2D eigenvalue weighted by molar-refractivity contribution is -0.385. The van der Waals surface area contributed by atoms with Gasteiger partial charge in [0, 0.05) is 7.11 Å². The minimum absolute atomic E-state index is 0.00208. The highest BCUT2D eigenvalue weighted by Crippen LogP contribution is 2.26. The summed E-state index contributed by atoms with van der Waals surface area (Å²) in [4.78, 5) is 14.1. The van der Waals surface area contributed by atoms with E-state index in [0.717, 1.165) is 11.6 Å². The van der Waals surface area contributed by atoms with Crippen molar-refractivity contribution in [2.24, 2.45) is 0 Å². The molecule has 7 heteroatoms. The maximum atomic E-state index is 10.7. The van der Waals surface area contributed by atoms with Gasteiger partial charge < -0.3 is 9.47 Å². The van der Waals surface area contributed by atoms with Crippen molar-refractivity contribution in [1.82, 2.24) is 4.98 Å². The monoisotopic (exact) mass is 294 g/mol. The molecule has 2 aromatic rings. The van der Waals surface area contributed by atoms with Crippen LogP contribution in [0.3, 0.4) is 0 Å². The molecule has 1 heterocycles. The van der Waals surface area contributed by atoms with E-state index in [2.05, 4.69) is 4.98 Å². The van der Waals surface area contributed by atoms with Crippen LogP contribution in [0.2, 0.25) is 5.15 Å². The van der Waals surface area contributed by atoms with Gasteiger partial charge in [-0.3, -0.25) is 10.1 Å². The number of halogens is 1. The van der Waals surface area contributed by atoms with Crippen LogP contribution in [0, 0.1) is 10.1 Å². The largest absolute Gasteiger partial charge is 0.439 e. The van der Waals surface area contributed by atoms with Crippen LogP contribution in [-0.4, -0.2) is 17.0 Å². The zero-order valence-electron chi connectivity index (χ0n) is 10.6. The first kappa shape index (κ1) is 14.2. The molecule has 0 spiro atoms. The number of ether oxygens (including phenoxy) is 2. The molecule has 0 amide bonds. The number of aromatic nitrogens is 1. The molecule has 0 unspecified atom stereocenters. The predicted octanol–water partition coefficient (Wildman–Crippen LogP) is 3.58. The molecular weight excluding hydrogens is 284 g/mol. The molecule has 2 rings (SSSR count). The summed E-state index contributed by atoms with van der Waals surface area (Å²) in [5, 5.41) is 10.7. The second kappa shape index (κ2) is 6.31. The summed E-state index contributed by atoms with van der Waals surface area (Å²) in [6.07, 6.45) is 0. The molecule has 0 aliphatic rings. The number of pyridine rings is 1. The highest BCUT2D eigenvalue weighted by Gasteiger charge is 2.11. The molecule has 0 saturated carbocycles. The number of methoxy groups -OCH3 is 1. The van der Waals surface area contributed by atoms with Gasteiger partial charge in [0.05, 0.1) is 23.7 Å². The van der Waals surface area contributed by atoms with Crippen molar-refractivity contribution in [3.8, 4) is 11.6 Å². The second-order valence-corrected chi connectivity index (χ2v) is 4.31. The predicted molar refractivity (Wildman–Crippen MR) is 73.1 cm³/mol. The van der Waals surface area contributed by atoms with Gasteiger partial charge in [0.1, 0.15) is 10.9 Å². The summed E-state index contributed by atoms with van der Waals surface area (Å²) < 4.78 is 10.5. The van der Waals surface area contributed by atoms with Crippen LogP contribution in [0.4, 0.5) is 5.69 Å². The molecular formula is C13H11ClN2O4. The molecule has 0 atom stereocenters. The van der Waals surface area contributed by atoms with Crippen LogP contribution in [0.1, 0.15) is 5.56 Å². The molecule has 1 aromatic heterocycles. The average Bonchev–Trinajstić information content (AvgIpc) is 2.38. The highest BCUT2D eigenvalue weighted by atomic mass is 35.5. The lowest BCUT2D eigenvalue weighted by atomic mass is 10.2. The molecule has 0 aliphatic carbocycles. The molecule has 1 aromatic carbocycles. The molecule has 20 heavy (non-hydrogen) atoms. The van der Waals surface area contributed by atoms with E-state index in [-0.39, 0.29) is 16.7 Å². The summed E-state index contributed by atoms with van der Waals surface area (Å²) in [5.41, 5.74) is 0.745. The Hall–Kier alpha value is -2.18. The lowest BCUT2D eigenvalue weighted by Gasteiger charge is -2.07. The van der Waals surface area contributed by atoms with E-state index in [9.17, 15) is 10.1 Å². The summed E-state index contributed by atoms with van der Waals surface area (Å²) in [5.74, 6) is 0.572. The van der Waals surface area contributed by atoms with Crippen LogP contribution < -0.4 is 4.74 Å². The van der Waals surface area contributed by atoms with E-state index in [1.165, 1.54) is 6.07 Å². The topological polar surface area (TPSA) is 74.5 Å². The van der Waals surface area contributed by atoms with Crippen molar-refractivity contribution < 1.29 is 14.4 Å². The Kier molecular flexibility index (Phi) is 4.49. The average molecular weight is 295 g/mol. The van der Waals surface area contributed by atoms with Gasteiger partial charge in [0.2, 0.25) is 5.88 Å². The molecule has 104 valence electrons. The van der Waals surface area contributed by atoms with Crippen LogP contribution in [-0.2, 0) is 11.3 Å². The van der Waals surface area contributed by atoms with Gasteiger partial charge in [0.15, 0.2) is 0 Å². The third kappa shape index (κ3) is 3.66. The van der Waals surface area contributed by atoms with Crippen molar-refractivity contribution in [1.29, 1.82) is 0 Å². The van der Waals surface area contributed by atoms with E-state index in [4.69, 9.17) is 21.1 Å². The van der Waals surface area contributed by atoms with Crippen molar-refractivity contribution >= 4 is 17.3 Å². The van der Waals surface area contributed by atoms with Crippen LogP contribution in [0.15, 0.2) is 36.4 Å². The summed E-state index contributed by atoms with van der Waals surface area (Å²) >= 11 is 5.73. The summed E-state index contributed by atoms with van der Waals surface area (Å²) in [7, 11) is 1.59. The summed E-state index contributed by atoms with van der Waals surface area (Å²) in [6, 6.07) is 9.53. The zero-order valence-corrected chi connectivity index (χ0v) is 11.3. The third-order valence-corrected chi connectivity index (χ3v) is 2.59. The Bertz CT molecular complexity index is 634. The fraction of sp³-hybridized carbons (Fsp3) is 0.154. The minimum Gasteiger partial charge on any atom is -0.439 e. The van der Waals surface area contributed by atoms with Crippen molar-refractivity contribution in [2.45, 2.75) is 6.61 Å². The maximum Gasteiger partial charge on any atom is 0.277 e. The van der Waals surface area contributed by atoms with Gasteiger partial charge in [-0.15, -0.1) is 0 Å². The Morgan fingerprint density at radius 1 is 1.35 bits per heavy atom. The van der Waals surface area contributed by atoms with Gasteiger partial charge in [0.25, 0.3) is 5.69 Å². The van der Waals surface area contributed by atoms with Crippen molar-refractivity contribution in [2.75, 3.05) is 7.11 Å². The fourth-order valence-corrected chi connectivity index (χ4v) is 1.80. The smallest absolute Gasteiger partial charge is 0.277 e. The van der Waals surface area contributed by atoms with Gasteiger partial charge in [-0.25, -0.2) is 4.98 Å². The fourth-order valence-electron chi connectivity index (χ4n) is 1.60. The van der Waals surface area contributed by atoms with Crippen LogP contribution >= 0.6 is 11.6 Å². The summed E-state index contributed by atoms with van der Waals surface area (Å²) in [6.45, 7) is 0.445. The van der Waals surface area contributed by atoms with Gasteiger partial charge in [-0.2, -0.15) is 0 Å². The van der Waals surface area contributed by atoms with Gasteiger partial charge in [-0.1, -0.05) is 23.7 Å². The zero-order chi connectivity index (χ0) is 14.5. The molecule has 0 N–H and O–H groups in total. The van der Waals surface area contributed by atoms with E-state index >= 15 is 0 Å². The lowest BCUT2D eigenvalue weighted by Crippen LogP contribution is -1.94. The van der Waals surface area contributed by atoms with E-state index in [0.29, 0.717) is 12.4 Å². The number of nitrogens with zero attached hydrogens (tertiary/aromatic N) is 2. The number of rotatable bonds is 5. The molecule has 0 aliphatic heterocycles. The van der Waals surface area contributed by atoms with Gasteiger partial charge >= 0.3 is 0 Å². The Morgan fingerprint density at radius 3 is 2.85 bits per heavy atom. The molecule has 6 nitrogen and oxygen atoms in total. The first-order valence-corrected chi connectivity index (χ1v) is 6.04. The van der Waals surface area contributed by atoms with Crippen molar-refractivity contribution in [3.05, 3.63) is 57.2 Å². The first-order valence-electron chi connectivity index (χ1n) is 5.66. The number of benzene rings is 1. The minimum atomic E-state index is -0.554. The number of nitro groups is 1. The van der Waals surface area contributed by atoms with Crippen molar-refractivity contribution in [3.63, 3.8) is 0 Å². The van der Waals surface area contributed by atoms with Crippen LogP contribution in [0.25, 0.3) is 0 Å². The first-order chi connectivity index (χ1) is 9.58. The van der Waals surface area contributed by atoms with Crippen LogP contribution in [0.5, 0.6) is 11.6 Å². The Balaban J connectivity index is 2.25. The SMILES string of the molecule is COCc1cccc(Oc2cc([N+](=O)[O-])cc(Cl)n2)c1. The Morgan fingerprint density at radius 2 is 2.15 bits per heavy atom. The molecule has 0 bridgehead atoms. The number of hydrogen-bond acceptors (Lipinski definition) is 5. The van der Waals surface area contributed by atoms with E-state index < -0.39 is 4.92 Å². The highest BCUT2D eigenvalue weighted by molar-refractivity contribution is 6.29. The maximum absolute atomic E-state index is 10.7. The Labute approximate surface area is 120 Å². The van der Waals surface area contributed by atoms with Gasteiger partial charge in [-0.05, 0) is 17.7 Å². The normalized spacial score (nSPS) is 10.3. The molecule has 0 saturated heterocycles. The molecule has 0 fully saturated rings.